The van der Waals surface area contributed by atoms with Crippen LogP contribution in [0.4, 0.5) is 10.1 Å². The summed E-state index contributed by atoms with van der Waals surface area (Å²) in [6.07, 6.45) is 2.05. The minimum Gasteiger partial charge on any atom is -0.371 e. The second kappa shape index (κ2) is 9.37. The molecule has 0 unspecified atom stereocenters. The van der Waals surface area contributed by atoms with Gasteiger partial charge in [-0.25, -0.2) is 4.39 Å². The Kier molecular flexibility index (Phi) is 7.15. The van der Waals surface area contributed by atoms with Crippen LogP contribution in [0, 0.1) is 5.82 Å². The highest BCUT2D eigenvalue weighted by molar-refractivity contribution is 7.85. The number of rotatable bonds is 6. The topological polar surface area (TPSA) is 23.6 Å². The summed E-state index contributed by atoms with van der Waals surface area (Å²) >= 11 is 12.1. The van der Waals surface area contributed by atoms with Crippen molar-refractivity contribution in [2.75, 3.05) is 37.3 Å². The van der Waals surface area contributed by atoms with E-state index < -0.39 is 10.8 Å². The standard InChI is InChI=1S/C20H23Cl2FN2OS/c1-24(12-13-27(26)20-14-15(21)2-7-19(20)22)17-8-10-25(11-9-17)18-5-3-16(23)4-6-18/h2-7,14,17H,8-13H2,1H3/t27-/m1/s1. The molecule has 27 heavy (non-hydrogen) atoms. The molecule has 1 aliphatic rings. The van der Waals surface area contributed by atoms with Crippen LogP contribution in [0.5, 0.6) is 0 Å². The molecular weight excluding hydrogens is 406 g/mol. The summed E-state index contributed by atoms with van der Waals surface area (Å²) < 4.78 is 25.6. The normalized spacial score (nSPS) is 16.7. The molecule has 3 nitrogen and oxygen atoms in total. The number of benzene rings is 2. The summed E-state index contributed by atoms with van der Waals surface area (Å²) in [5.74, 6) is 0.315. The molecule has 3 rings (SSSR count). The maximum atomic E-state index is 13.1. The SMILES string of the molecule is CN(CC[S@@](=O)c1cc(Cl)ccc1Cl)C1CCN(c2ccc(F)cc2)CC1. The number of nitrogens with zero attached hydrogens (tertiary/aromatic N) is 2. The molecule has 0 N–H and O–H groups in total. The summed E-state index contributed by atoms with van der Waals surface area (Å²) in [6.45, 7) is 2.60. The van der Waals surface area contributed by atoms with Gasteiger partial charge in [-0.05, 0) is 62.4 Å². The maximum Gasteiger partial charge on any atom is 0.123 e. The van der Waals surface area contributed by atoms with Gasteiger partial charge in [-0.1, -0.05) is 23.2 Å². The lowest BCUT2D eigenvalue weighted by molar-refractivity contribution is 0.219. The number of anilines is 1. The molecule has 0 saturated carbocycles. The van der Waals surface area contributed by atoms with E-state index in [4.69, 9.17) is 23.2 Å². The van der Waals surface area contributed by atoms with Gasteiger partial charge in [0.25, 0.3) is 0 Å². The molecule has 1 fully saturated rings. The highest BCUT2D eigenvalue weighted by Gasteiger charge is 2.23. The molecule has 7 heteroatoms. The lowest BCUT2D eigenvalue weighted by Gasteiger charge is -2.37. The van der Waals surface area contributed by atoms with Crippen LogP contribution in [-0.4, -0.2) is 47.6 Å². The average Bonchev–Trinajstić information content (AvgIpc) is 2.68. The van der Waals surface area contributed by atoms with E-state index in [1.165, 1.54) is 12.1 Å². The first-order valence-corrected chi connectivity index (χ1v) is 11.1. The molecule has 2 aromatic carbocycles. The molecule has 146 valence electrons. The number of hydrogen-bond donors (Lipinski definition) is 0. The smallest absolute Gasteiger partial charge is 0.123 e. The predicted octanol–water partition coefficient (Wildman–Crippen LogP) is 4.84. The molecule has 2 aromatic rings. The molecule has 0 amide bonds. The monoisotopic (exact) mass is 428 g/mol. The molecule has 1 atom stereocenters. The van der Waals surface area contributed by atoms with E-state index in [0.717, 1.165) is 38.2 Å². The van der Waals surface area contributed by atoms with Crippen molar-refractivity contribution < 1.29 is 8.60 Å². The van der Waals surface area contributed by atoms with E-state index in [2.05, 4.69) is 16.8 Å². The number of hydrogen-bond acceptors (Lipinski definition) is 3. The first kappa shape index (κ1) is 20.6. The van der Waals surface area contributed by atoms with Crippen molar-refractivity contribution in [3.63, 3.8) is 0 Å². The molecule has 0 aromatic heterocycles. The molecule has 1 heterocycles. The summed E-state index contributed by atoms with van der Waals surface area (Å²) in [4.78, 5) is 5.16. The maximum absolute atomic E-state index is 13.1. The molecule has 0 spiro atoms. The van der Waals surface area contributed by atoms with E-state index in [0.29, 0.717) is 26.7 Å². The Hall–Kier alpha value is -1.14. The number of halogens is 3. The van der Waals surface area contributed by atoms with Gasteiger partial charge in [-0.15, -0.1) is 0 Å². The van der Waals surface area contributed by atoms with E-state index in [1.807, 2.05) is 12.1 Å². The molecule has 0 bridgehead atoms. The highest BCUT2D eigenvalue weighted by atomic mass is 35.5. The quantitative estimate of drug-likeness (QED) is 0.657. The highest BCUT2D eigenvalue weighted by Crippen LogP contribution is 2.25. The van der Waals surface area contributed by atoms with Crippen LogP contribution in [0.3, 0.4) is 0 Å². The second-order valence-electron chi connectivity index (χ2n) is 6.80. The molecule has 1 aliphatic heterocycles. The first-order chi connectivity index (χ1) is 12.9. The van der Waals surface area contributed by atoms with Crippen molar-refractivity contribution in [3.05, 3.63) is 58.3 Å². The molecule has 0 aliphatic carbocycles. The van der Waals surface area contributed by atoms with Gasteiger partial charge < -0.3 is 9.80 Å². The van der Waals surface area contributed by atoms with Gasteiger partial charge in [0.05, 0.1) is 20.7 Å². The Balaban J connectivity index is 1.49. The third-order valence-electron chi connectivity index (χ3n) is 5.05. The van der Waals surface area contributed by atoms with Gasteiger partial charge >= 0.3 is 0 Å². The third-order valence-corrected chi connectivity index (χ3v) is 7.11. The summed E-state index contributed by atoms with van der Waals surface area (Å²) in [6, 6.07) is 12.2. The fraction of sp³-hybridized carbons (Fsp3) is 0.400. The van der Waals surface area contributed by atoms with E-state index in [1.54, 1.807) is 18.2 Å². The van der Waals surface area contributed by atoms with Crippen molar-refractivity contribution in [1.29, 1.82) is 0 Å². The fourth-order valence-electron chi connectivity index (χ4n) is 3.39. The predicted molar refractivity (Wildman–Crippen MR) is 112 cm³/mol. The fourth-order valence-corrected chi connectivity index (χ4v) is 5.22. The van der Waals surface area contributed by atoms with Crippen molar-refractivity contribution in [1.82, 2.24) is 4.90 Å². The van der Waals surface area contributed by atoms with Gasteiger partial charge in [0.2, 0.25) is 0 Å². The molecule has 0 radical (unpaired) electrons. The van der Waals surface area contributed by atoms with Crippen LogP contribution < -0.4 is 4.90 Å². The van der Waals surface area contributed by atoms with Crippen molar-refractivity contribution in [2.24, 2.45) is 0 Å². The summed E-state index contributed by atoms with van der Waals surface area (Å²) in [5.41, 5.74) is 1.06. The van der Waals surface area contributed by atoms with E-state index in [9.17, 15) is 8.60 Å². The van der Waals surface area contributed by atoms with Gasteiger partial charge in [-0.2, -0.15) is 0 Å². The van der Waals surface area contributed by atoms with Crippen molar-refractivity contribution in [3.8, 4) is 0 Å². The largest absolute Gasteiger partial charge is 0.371 e. The van der Waals surface area contributed by atoms with Crippen LogP contribution in [0.2, 0.25) is 10.0 Å². The molecular formula is C20H23Cl2FN2OS. The zero-order valence-corrected chi connectivity index (χ0v) is 17.5. The van der Waals surface area contributed by atoms with Crippen molar-refractivity contribution >= 4 is 39.7 Å². The Morgan fingerprint density at radius 3 is 2.48 bits per heavy atom. The van der Waals surface area contributed by atoms with Crippen LogP contribution >= 0.6 is 23.2 Å². The third kappa shape index (κ3) is 5.44. The van der Waals surface area contributed by atoms with Gasteiger partial charge in [0, 0.05) is 42.1 Å². The van der Waals surface area contributed by atoms with Crippen LogP contribution in [-0.2, 0) is 10.8 Å². The van der Waals surface area contributed by atoms with Gasteiger partial charge in [0.1, 0.15) is 5.82 Å². The first-order valence-electron chi connectivity index (χ1n) is 8.98. The van der Waals surface area contributed by atoms with Gasteiger partial charge in [-0.3, -0.25) is 4.21 Å². The summed E-state index contributed by atoms with van der Waals surface area (Å²) in [7, 11) is 0.905. The second-order valence-corrected chi connectivity index (χ2v) is 9.18. The average molecular weight is 429 g/mol. The lowest BCUT2D eigenvalue weighted by atomic mass is 10.0. The van der Waals surface area contributed by atoms with E-state index in [-0.39, 0.29) is 5.82 Å². The zero-order valence-electron chi connectivity index (χ0n) is 15.2. The summed E-state index contributed by atoms with van der Waals surface area (Å²) in [5, 5.41) is 1.04. The number of piperidine rings is 1. The van der Waals surface area contributed by atoms with E-state index >= 15 is 0 Å². The minimum absolute atomic E-state index is 0.207. The van der Waals surface area contributed by atoms with Crippen LogP contribution in [0.15, 0.2) is 47.4 Å². The molecule has 1 saturated heterocycles. The van der Waals surface area contributed by atoms with Crippen LogP contribution in [0.1, 0.15) is 12.8 Å². The lowest BCUT2D eigenvalue weighted by Crippen LogP contribution is -2.44. The Labute approximate surface area is 172 Å². The zero-order chi connectivity index (χ0) is 19.4. The minimum atomic E-state index is -1.17. The Morgan fingerprint density at radius 2 is 1.81 bits per heavy atom. The Morgan fingerprint density at radius 1 is 1.15 bits per heavy atom. The van der Waals surface area contributed by atoms with Crippen molar-refractivity contribution in [2.45, 2.75) is 23.8 Å². The van der Waals surface area contributed by atoms with Gasteiger partial charge in [0.15, 0.2) is 0 Å². The van der Waals surface area contributed by atoms with Crippen LogP contribution in [0.25, 0.3) is 0 Å². The Bertz CT molecular complexity index is 795.